The highest BCUT2D eigenvalue weighted by Gasteiger charge is 2.44. The second-order valence-corrected chi connectivity index (χ2v) is 21.7. The molecule has 1 amide bonds. The lowest BCUT2D eigenvalue weighted by molar-refractivity contribution is -0.302. The second-order valence-electron chi connectivity index (χ2n) is 21.7. The summed E-state index contributed by atoms with van der Waals surface area (Å²) in [5.74, 6) is -0.226. The molecule has 0 saturated carbocycles. The number of unbranched alkanes of at least 4 members (excludes halogenated alkanes) is 29. The molecule has 0 bridgehead atoms. The van der Waals surface area contributed by atoms with Gasteiger partial charge in [0.25, 0.3) is 0 Å². The van der Waals surface area contributed by atoms with E-state index in [-0.39, 0.29) is 18.5 Å². The monoisotopic (exact) mass is 1100 g/mol. The first-order chi connectivity index (χ1) is 38.2. The van der Waals surface area contributed by atoms with Crippen molar-refractivity contribution in [1.29, 1.82) is 0 Å². The Bertz CT molecular complexity index is 1570. The number of amides is 1. The van der Waals surface area contributed by atoms with Crippen molar-refractivity contribution in [3.8, 4) is 0 Å². The lowest BCUT2D eigenvalue weighted by atomic mass is 9.99. The molecule has 0 radical (unpaired) electrons. The molecule has 1 rings (SSSR count). The van der Waals surface area contributed by atoms with Crippen LogP contribution < -0.4 is 5.32 Å². The summed E-state index contributed by atoms with van der Waals surface area (Å²) in [5.41, 5.74) is 0. The van der Waals surface area contributed by atoms with E-state index in [1.165, 1.54) is 135 Å². The molecule has 1 aliphatic rings. The van der Waals surface area contributed by atoms with Gasteiger partial charge in [-0.05, 0) is 116 Å². The number of allylic oxidation sites excluding steroid dienone is 13. The first kappa shape index (κ1) is 72.9. The van der Waals surface area contributed by atoms with Crippen molar-refractivity contribution in [2.24, 2.45) is 0 Å². The van der Waals surface area contributed by atoms with Crippen molar-refractivity contribution >= 4 is 11.9 Å². The Hall–Kier alpha value is -3.16. The number of nitrogens with one attached hydrogen (secondary N) is 1. The molecule has 0 spiro atoms. The van der Waals surface area contributed by atoms with Gasteiger partial charge in [-0.3, -0.25) is 9.59 Å². The first-order valence-electron chi connectivity index (χ1n) is 31.8. The number of aliphatic hydroxyl groups excluding tert-OH is 5. The lowest BCUT2D eigenvalue weighted by Gasteiger charge is -2.40. The van der Waals surface area contributed by atoms with Crippen LogP contribution in [0.25, 0.3) is 0 Å². The summed E-state index contributed by atoms with van der Waals surface area (Å²) in [6.45, 7) is 4.05. The van der Waals surface area contributed by atoms with E-state index in [2.05, 4.69) is 79.1 Å². The number of carbonyl (C=O) groups is 2. The molecule has 6 N–H and O–H groups in total. The molecule has 1 fully saturated rings. The van der Waals surface area contributed by atoms with Gasteiger partial charge in [0.15, 0.2) is 6.29 Å². The Kier molecular flexibility index (Phi) is 52.1. The SMILES string of the molecule is C/C=C/CC/C=C/CC/C=C/C(O)C(COC1OC(CO)C(O)C(O)C1O)NC(=O)CCCCCCCCC/C=C\C/C=C\CCCCCCCCCCCOC(=O)CCCCCCCCC/C=C\C/C=C\CCCCCC. The number of carbonyl (C=O) groups excluding carboxylic acids is 2. The lowest BCUT2D eigenvalue weighted by Crippen LogP contribution is -2.60. The molecule has 1 aliphatic heterocycles. The molecule has 0 aromatic carbocycles. The summed E-state index contributed by atoms with van der Waals surface area (Å²) >= 11 is 0. The molecular weight excluding hydrogens is 979 g/mol. The van der Waals surface area contributed by atoms with Crippen LogP contribution in [0.1, 0.15) is 264 Å². The summed E-state index contributed by atoms with van der Waals surface area (Å²) in [4.78, 5) is 25.1. The van der Waals surface area contributed by atoms with E-state index < -0.39 is 49.5 Å². The molecule has 1 saturated heterocycles. The number of ether oxygens (including phenoxy) is 3. The van der Waals surface area contributed by atoms with Crippen molar-refractivity contribution in [3.05, 3.63) is 85.1 Å². The Labute approximate surface area is 476 Å². The highest BCUT2D eigenvalue weighted by atomic mass is 16.7. The predicted molar refractivity (Wildman–Crippen MR) is 324 cm³/mol. The molecule has 78 heavy (non-hydrogen) atoms. The topological polar surface area (TPSA) is 175 Å². The molecule has 450 valence electrons. The van der Waals surface area contributed by atoms with E-state index in [0.717, 1.165) is 96.3 Å². The zero-order valence-corrected chi connectivity index (χ0v) is 49.6. The molecule has 1 heterocycles. The normalized spacial score (nSPS) is 19.1. The Balaban J connectivity index is 2.00. The van der Waals surface area contributed by atoms with Crippen molar-refractivity contribution in [2.75, 3.05) is 19.8 Å². The largest absolute Gasteiger partial charge is 0.466 e. The summed E-state index contributed by atoms with van der Waals surface area (Å²) in [6.07, 6.45) is 65.8. The van der Waals surface area contributed by atoms with Gasteiger partial charge in [-0.15, -0.1) is 0 Å². The minimum Gasteiger partial charge on any atom is -0.466 e. The van der Waals surface area contributed by atoms with Gasteiger partial charge in [0.1, 0.15) is 24.4 Å². The summed E-state index contributed by atoms with van der Waals surface area (Å²) in [6, 6.07) is -0.843. The third kappa shape index (κ3) is 44.6. The molecule has 7 unspecified atom stereocenters. The van der Waals surface area contributed by atoms with E-state index in [1.807, 2.05) is 19.1 Å². The van der Waals surface area contributed by atoms with E-state index >= 15 is 0 Å². The van der Waals surface area contributed by atoms with Gasteiger partial charge in [0, 0.05) is 12.8 Å². The fourth-order valence-corrected chi connectivity index (χ4v) is 9.47. The van der Waals surface area contributed by atoms with Crippen LogP contribution in [0.4, 0.5) is 0 Å². The summed E-state index contributed by atoms with van der Waals surface area (Å²) < 4.78 is 16.7. The second kappa shape index (κ2) is 55.7. The zero-order chi connectivity index (χ0) is 56.6. The number of esters is 1. The maximum atomic E-state index is 13.0. The van der Waals surface area contributed by atoms with Crippen molar-refractivity contribution < 1.29 is 49.3 Å². The van der Waals surface area contributed by atoms with Crippen molar-refractivity contribution in [3.63, 3.8) is 0 Å². The number of aliphatic hydroxyl groups is 5. The van der Waals surface area contributed by atoms with E-state index in [4.69, 9.17) is 14.2 Å². The summed E-state index contributed by atoms with van der Waals surface area (Å²) in [7, 11) is 0. The van der Waals surface area contributed by atoms with Gasteiger partial charge in [-0.1, -0.05) is 220 Å². The predicted octanol–water partition coefficient (Wildman–Crippen LogP) is 15.3. The number of hydrogen-bond donors (Lipinski definition) is 6. The summed E-state index contributed by atoms with van der Waals surface area (Å²) in [5, 5.41) is 54.1. The third-order valence-electron chi connectivity index (χ3n) is 14.5. The van der Waals surface area contributed by atoms with Crippen LogP contribution in [0.3, 0.4) is 0 Å². The Morgan fingerprint density at radius 3 is 1.41 bits per heavy atom. The quantitative estimate of drug-likeness (QED) is 0.0195. The molecule has 0 aromatic rings. The van der Waals surface area contributed by atoms with Gasteiger partial charge in [-0.25, -0.2) is 0 Å². The van der Waals surface area contributed by atoms with Crippen LogP contribution in [0.5, 0.6) is 0 Å². The molecule has 0 aromatic heterocycles. The van der Waals surface area contributed by atoms with Crippen LogP contribution in [0.15, 0.2) is 85.1 Å². The average Bonchev–Trinajstić information content (AvgIpc) is 3.43. The molecule has 7 atom stereocenters. The first-order valence-corrected chi connectivity index (χ1v) is 31.8. The zero-order valence-electron chi connectivity index (χ0n) is 49.6. The van der Waals surface area contributed by atoms with Gasteiger partial charge in [0.05, 0.1) is 32.0 Å². The van der Waals surface area contributed by atoms with Gasteiger partial charge < -0.3 is 45.1 Å². The minimum atomic E-state index is -1.58. The van der Waals surface area contributed by atoms with E-state index in [0.29, 0.717) is 25.9 Å². The van der Waals surface area contributed by atoms with Crippen molar-refractivity contribution in [1.82, 2.24) is 5.32 Å². The van der Waals surface area contributed by atoms with Gasteiger partial charge in [-0.2, -0.15) is 0 Å². The highest BCUT2D eigenvalue weighted by molar-refractivity contribution is 5.76. The molecular formula is C67H117NO10. The molecule has 11 heteroatoms. The van der Waals surface area contributed by atoms with Crippen LogP contribution in [0, 0.1) is 0 Å². The van der Waals surface area contributed by atoms with Crippen LogP contribution in [-0.2, 0) is 23.8 Å². The maximum Gasteiger partial charge on any atom is 0.305 e. The van der Waals surface area contributed by atoms with Crippen LogP contribution in [0.2, 0.25) is 0 Å². The molecule has 0 aliphatic carbocycles. The Morgan fingerprint density at radius 2 is 0.923 bits per heavy atom. The fraction of sp³-hybridized carbons (Fsp3) is 0.761. The van der Waals surface area contributed by atoms with Crippen LogP contribution in [-0.4, -0.2) is 100 Å². The van der Waals surface area contributed by atoms with Gasteiger partial charge >= 0.3 is 5.97 Å². The van der Waals surface area contributed by atoms with E-state index in [9.17, 15) is 35.1 Å². The highest BCUT2D eigenvalue weighted by Crippen LogP contribution is 2.23. The Morgan fingerprint density at radius 1 is 0.500 bits per heavy atom. The smallest absolute Gasteiger partial charge is 0.305 e. The maximum absolute atomic E-state index is 13.0. The average molecular weight is 1100 g/mol. The number of rotatable bonds is 54. The number of hydrogen-bond acceptors (Lipinski definition) is 10. The minimum absolute atomic E-state index is 0.0140. The molecule has 11 nitrogen and oxygen atoms in total. The third-order valence-corrected chi connectivity index (χ3v) is 14.5. The van der Waals surface area contributed by atoms with E-state index in [1.54, 1.807) is 6.08 Å². The standard InChI is InChI=1S/C67H117NO10/c1-3-5-7-9-11-13-14-15-16-17-26-29-32-35-39-43-47-51-55-63(72)76-56-52-48-44-40-36-33-30-27-24-22-20-18-19-21-23-25-28-31-34-38-42-46-50-54-62(71)68-59(60(70)53-49-45-41-37-12-10-8-6-4-2)58-77-67-66(75)65(74)64(73)61(57-69)78-67/h4,6,12-14,16-18,20-21,23,37,49,53,59-61,64-67,69-70,73-75H,3,5,7-11,15,19,22,24-36,38-48,50-52,54-58H2,1-2H3,(H,68,71)/b6-4+,14-13-,17-16-,20-18-,23-21-,37-12+,53-49+. The fourth-order valence-electron chi connectivity index (χ4n) is 9.47. The van der Waals surface area contributed by atoms with Gasteiger partial charge in [0.2, 0.25) is 5.91 Å². The van der Waals surface area contributed by atoms with Crippen molar-refractivity contribution in [2.45, 2.75) is 307 Å². The van der Waals surface area contributed by atoms with Crippen LogP contribution >= 0.6 is 0 Å².